The Bertz CT molecular complexity index is 961. The van der Waals surface area contributed by atoms with Gasteiger partial charge in [-0.25, -0.2) is 4.98 Å². The number of aliphatic carboxylic acids is 1. The summed E-state index contributed by atoms with van der Waals surface area (Å²) >= 11 is 6.43. The van der Waals surface area contributed by atoms with Gasteiger partial charge in [-0.1, -0.05) is 30.9 Å². The molecule has 1 aromatic heterocycles. The van der Waals surface area contributed by atoms with E-state index in [1.165, 1.54) is 19.3 Å². The smallest absolute Gasteiger partial charge is 0.317 e. The Morgan fingerprint density at radius 3 is 2.71 bits per heavy atom. The van der Waals surface area contributed by atoms with Crippen LogP contribution >= 0.6 is 11.6 Å². The van der Waals surface area contributed by atoms with Crippen LogP contribution in [-0.2, 0) is 9.59 Å². The fourth-order valence-electron chi connectivity index (χ4n) is 4.68. The molecular formula is C23H29ClN4O3. The largest absolute Gasteiger partial charge is 0.480 e. The average Bonchev–Trinajstić information content (AvgIpc) is 3.24. The van der Waals surface area contributed by atoms with Crippen LogP contribution < -0.4 is 15.5 Å². The number of carboxylic acids is 1. The van der Waals surface area contributed by atoms with Crippen molar-refractivity contribution in [1.82, 2.24) is 10.3 Å². The van der Waals surface area contributed by atoms with Crippen LogP contribution in [0.3, 0.4) is 0 Å². The first-order chi connectivity index (χ1) is 15.0. The monoisotopic (exact) mass is 444 g/mol. The van der Waals surface area contributed by atoms with Crippen LogP contribution in [0.4, 0.5) is 11.5 Å². The zero-order valence-electron chi connectivity index (χ0n) is 17.6. The topological polar surface area (TPSA) is 94.6 Å². The lowest BCUT2D eigenvalue weighted by molar-refractivity contribution is -0.136. The van der Waals surface area contributed by atoms with Crippen LogP contribution in [0.5, 0.6) is 0 Å². The summed E-state index contributed by atoms with van der Waals surface area (Å²) in [6, 6.07) is 7.67. The fourth-order valence-corrected chi connectivity index (χ4v) is 4.89. The van der Waals surface area contributed by atoms with Gasteiger partial charge in [0, 0.05) is 30.9 Å². The standard InChI is InChI=1S/C23H29ClN4O3/c24-18-7-8-19-17(23(18)27-21(29)12-15-4-2-1-3-5-15)6-9-20(26-19)28-11-10-16(14-28)25-13-22(30)31/h6-9,15-16,25H,1-5,10-14H2,(H,27,29)(H,30,31)/t16-/m0/s1. The molecule has 0 bridgehead atoms. The van der Waals surface area contributed by atoms with Crippen molar-refractivity contribution in [2.45, 2.75) is 51.0 Å². The van der Waals surface area contributed by atoms with Crippen molar-refractivity contribution in [3.05, 3.63) is 29.3 Å². The van der Waals surface area contributed by atoms with Crippen LogP contribution in [0.25, 0.3) is 10.9 Å². The molecule has 0 spiro atoms. The average molecular weight is 445 g/mol. The number of carboxylic acid groups (broad SMARTS) is 1. The summed E-state index contributed by atoms with van der Waals surface area (Å²) < 4.78 is 0. The molecule has 0 radical (unpaired) electrons. The summed E-state index contributed by atoms with van der Waals surface area (Å²) in [4.78, 5) is 30.4. The number of rotatable bonds is 7. The second kappa shape index (κ2) is 9.83. The number of carbonyl (C=O) groups excluding carboxylic acids is 1. The van der Waals surface area contributed by atoms with E-state index in [9.17, 15) is 9.59 Å². The molecule has 8 heteroatoms. The van der Waals surface area contributed by atoms with Gasteiger partial charge >= 0.3 is 5.97 Å². The Balaban J connectivity index is 1.46. The maximum absolute atomic E-state index is 12.7. The Hall–Kier alpha value is -2.38. The van der Waals surface area contributed by atoms with E-state index in [4.69, 9.17) is 21.7 Å². The number of aromatic nitrogens is 1. The van der Waals surface area contributed by atoms with E-state index in [0.29, 0.717) is 29.6 Å². The molecule has 2 heterocycles. The van der Waals surface area contributed by atoms with Gasteiger partial charge in [0.25, 0.3) is 0 Å². The summed E-state index contributed by atoms with van der Waals surface area (Å²) in [5.41, 5.74) is 1.40. The number of hydrogen-bond donors (Lipinski definition) is 3. The first-order valence-electron chi connectivity index (χ1n) is 11.1. The molecular weight excluding hydrogens is 416 g/mol. The highest BCUT2D eigenvalue weighted by Gasteiger charge is 2.24. The highest BCUT2D eigenvalue weighted by atomic mass is 35.5. The van der Waals surface area contributed by atoms with Crippen molar-refractivity contribution in [1.29, 1.82) is 0 Å². The van der Waals surface area contributed by atoms with Gasteiger partial charge in [0.15, 0.2) is 0 Å². The van der Waals surface area contributed by atoms with Crippen LogP contribution in [0.2, 0.25) is 5.02 Å². The Labute approximate surface area is 187 Å². The Morgan fingerprint density at radius 1 is 1.13 bits per heavy atom. The van der Waals surface area contributed by atoms with Gasteiger partial charge < -0.3 is 20.6 Å². The van der Waals surface area contributed by atoms with E-state index in [1.54, 1.807) is 6.07 Å². The minimum absolute atomic E-state index is 0.0114. The van der Waals surface area contributed by atoms with E-state index < -0.39 is 5.97 Å². The van der Waals surface area contributed by atoms with Gasteiger partial charge in [0.05, 0.1) is 22.8 Å². The quantitative estimate of drug-likeness (QED) is 0.596. The van der Waals surface area contributed by atoms with E-state index in [1.807, 2.05) is 18.2 Å². The molecule has 1 aliphatic carbocycles. The number of amides is 1. The van der Waals surface area contributed by atoms with E-state index in [-0.39, 0.29) is 18.5 Å². The van der Waals surface area contributed by atoms with Crippen molar-refractivity contribution < 1.29 is 14.7 Å². The van der Waals surface area contributed by atoms with Crippen LogP contribution in [0.15, 0.2) is 24.3 Å². The molecule has 7 nitrogen and oxygen atoms in total. The molecule has 1 amide bonds. The molecule has 1 saturated carbocycles. The van der Waals surface area contributed by atoms with Gasteiger partial charge in [0.1, 0.15) is 5.82 Å². The lowest BCUT2D eigenvalue weighted by Gasteiger charge is -2.21. The van der Waals surface area contributed by atoms with Crippen LogP contribution in [0.1, 0.15) is 44.9 Å². The van der Waals surface area contributed by atoms with Crippen molar-refractivity contribution >= 4 is 45.9 Å². The van der Waals surface area contributed by atoms with Crippen molar-refractivity contribution in [3.8, 4) is 0 Å². The van der Waals surface area contributed by atoms with Gasteiger partial charge in [-0.3, -0.25) is 9.59 Å². The van der Waals surface area contributed by atoms with Crippen LogP contribution in [0, 0.1) is 5.92 Å². The molecule has 31 heavy (non-hydrogen) atoms. The first-order valence-corrected chi connectivity index (χ1v) is 11.5. The highest BCUT2D eigenvalue weighted by molar-refractivity contribution is 6.35. The zero-order valence-corrected chi connectivity index (χ0v) is 18.3. The molecule has 2 aromatic rings. The van der Waals surface area contributed by atoms with Gasteiger partial charge in [-0.2, -0.15) is 0 Å². The lowest BCUT2D eigenvalue weighted by Crippen LogP contribution is -2.36. The minimum Gasteiger partial charge on any atom is -0.480 e. The Morgan fingerprint density at radius 2 is 1.94 bits per heavy atom. The second-order valence-corrected chi connectivity index (χ2v) is 9.03. The number of nitrogens with zero attached hydrogens (tertiary/aromatic N) is 2. The minimum atomic E-state index is -0.850. The van der Waals surface area contributed by atoms with E-state index >= 15 is 0 Å². The number of halogens is 1. The summed E-state index contributed by atoms with van der Waals surface area (Å²) in [7, 11) is 0. The third-order valence-electron chi connectivity index (χ3n) is 6.32. The van der Waals surface area contributed by atoms with Gasteiger partial charge in [-0.15, -0.1) is 0 Å². The van der Waals surface area contributed by atoms with Gasteiger partial charge in [-0.05, 0) is 49.4 Å². The van der Waals surface area contributed by atoms with Crippen molar-refractivity contribution in [2.24, 2.45) is 5.92 Å². The number of nitrogens with one attached hydrogen (secondary N) is 2. The predicted octanol–water partition coefficient (Wildman–Crippen LogP) is 4.05. The van der Waals surface area contributed by atoms with Crippen molar-refractivity contribution in [3.63, 3.8) is 0 Å². The third kappa shape index (κ3) is 5.46. The predicted molar refractivity (Wildman–Crippen MR) is 123 cm³/mol. The van der Waals surface area contributed by atoms with Crippen molar-refractivity contribution in [2.75, 3.05) is 29.9 Å². The summed E-state index contributed by atoms with van der Waals surface area (Å²) in [5.74, 6) is 0.466. The van der Waals surface area contributed by atoms with E-state index in [0.717, 1.165) is 42.5 Å². The molecule has 1 atom stereocenters. The Kier molecular flexibility index (Phi) is 6.92. The lowest BCUT2D eigenvalue weighted by atomic mass is 9.87. The summed E-state index contributed by atoms with van der Waals surface area (Å²) in [5, 5.41) is 16.3. The molecule has 1 aliphatic heterocycles. The number of pyridine rings is 1. The molecule has 2 aliphatic rings. The molecule has 166 valence electrons. The molecule has 1 aromatic carbocycles. The molecule has 3 N–H and O–H groups in total. The number of anilines is 2. The van der Waals surface area contributed by atoms with Crippen LogP contribution in [-0.4, -0.2) is 47.6 Å². The number of benzene rings is 1. The molecule has 0 unspecified atom stereocenters. The number of fused-ring (bicyclic) bond motifs is 1. The fraction of sp³-hybridized carbons (Fsp3) is 0.522. The maximum atomic E-state index is 12.7. The highest BCUT2D eigenvalue weighted by Crippen LogP contribution is 2.33. The molecule has 1 saturated heterocycles. The number of hydrogen-bond acceptors (Lipinski definition) is 5. The second-order valence-electron chi connectivity index (χ2n) is 8.62. The summed E-state index contributed by atoms with van der Waals surface area (Å²) in [6.45, 7) is 1.49. The third-order valence-corrected chi connectivity index (χ3v) is 6.64. The van der Waals surface area contributed by atoms with Gasteiger partial charge in [0.2, 0.25) is 5.91 Å². The van der Waals surface area contributed by atoms with E-state index in [2.05, 4.69) is 15.5 Å². The summed E-state index contributed by atoms with van der Waals surface area (Å²) in [6.07, 6.45) is 7.35. The molecule has 2 fully saturated rings. The first kappa shape index (κ1) is 21.8. The normalized spacial score (nSPS) is 19.6. The SMILES string of the molecule is O=C(O)CN[C@H]1CCN(c2ccc3c(NC(=O)CC4CCCCC4)c(Cl)ccc3n2)C1. The number of carbonyl (C=O) groups is 2. The zero-order chi connectivity index (χ0) is 21.8. The molecule has 4 rings (SSSR count). The maximum Gasteiger partial charge on any atom is 0.317 e.